The summed E-state index contributed by atoms with van der Waals surface area (Å²) in [5.74, 6) is -0.554. The predicted octanol–water partition coefficient (Wildman–Crippen LogP) is 3.22. The Bertz CT molecular complexity index is 902. The average molecular weight is 313 g/mol. The van der Waals surface area contributed by atoms with Gasteiger partial charge in [-0.1, -0.05) is 17.3 Å². The molecule has 0 unspecified atom stereocenters. The molecular formula is C17H16FN3O2. The maximum atomic E-state index is 13.6. The number of pyridine rings is 1. The highest BCUT2D eigenvalue weighted by molar-refractivity contribution is 6.05. The first kappa shape index (κ1) is 15.1. The van der Waals surface area contributed by atoms with Crippen LogP contribution in [0, 0.1) is 26.6 Å². The van der Waals surface area contributed by atoms with Crippen molar-refractivity contribution in [1.82, 2.24) is 15.5 Å². The molecule has 3 rings (SSSR count). The molecule has 6 heteroatoms. The summed E-state index contributed by atoms with van der Waals surface area (Å²) in [5, 5.41) is 7.25. The zero-order valence-corrected chi connectivity index (χ0v) is 13.1. The molecule has 3 aromatic rings. The Balaban J connectivity index is 1.86. The maximum absolute atomic E-state index is 13.6. The highest BCUT2D eigenvalue weighted by Gasteiger charge is 2.17. The number of aromatic nitrogens is 2. The summed E-state index contributed by atoms with van der Waals surface area (Å²) in [5.41, 5.74) is 3.35. The first-order valence-corrected chi connectivity index (χ1v) is 7.22. The second-order valence-corrected chi connectivity index (χ2v) is 5.53. The molecule has 2 aromatic heterocycles. The number of hydrogen-bond acceptors (Lipinski definition) is 4. The van der Waals surface area contributed by atoms with Gasteiger partial charge in [-0.2, -0.15) is 0 Å². The van der Waals surface area contributed by atoms with Gasteiger partial charge in [-0.3, -0.25) is 4.79 Å². The molecule has 0 bridgehead atoms. The Morgan fingerprint density at radius 2 is 2.04 bits per heavy atom. The molecule has 5 nitrogen and oxygen atoms in total. The van der Waals surface area contributed by atoms with E-state index in [1.165, 1.54) is 6.07 Å². The molecule has 118 valence electrons. The quantitative estimate of drug-likeness (QED) is 0.806. The number of carbonyl (C=O) groups excluding carboxylic acids is 1. The van der Waals surface area contributed by atoms with E-state index in [-0.39, 0.29) is 18.3 Å². The number of amides is 1. The van der Waals surface area contributed by atoms with Crippen molar-refractivity contribution >= 4 is 17.0 Å². The number of nitrogens with zero attached hydrogens (tertiary/aromatic N) is 2. The molecule has 1 N–H and O–H groups in total. The highest BCUT2D eigenvalue weighted by atomic mass is 19.1. The average Bonchev–Trinajstić information content (AvgIpc) is 2.88. The number of hydrogen-bond donors (Lipinski definition) is 1. The zero-order chi connectivity index (χ0) is 16.6. The van der Waals surface area contributed by atoms with Crippen LogP contribution in [0.3, 0.4) is 0 Å². The zero-order valence-electron chi connectivity index (χ0n) is 13.1. The summed E-state index contributed by atoms with van der Waals surface area (Å²) < 4.78 is 18.7. The van der Waals surface area contributed by atoms with Crippen LogP contribution in [0.2, 0.25) is 0 Å². The molecule has 2 heterocycles. The minimum atomic E-state index is -0.284. The molecular weight excluding hydrogens is 297 g/mol. The summed E-state index contributed by atoms with van der Waals surface area (Å²) in [6.07, 6.45) is 0. The van der Waals surface area contributed by atoms with Crippen LogP contribution in [0.1, 0.15) is 32.9 Å². The van der Waals surface area contributed by atoms with E-state index in [1.807, 2.05) is 0 Å². The monoisotopic (exact) mass is 313 g/mol. The third-order valence-corrected chi connectivity index (χ3v) is 3.68. The molecule has 0 radical (unpaired) electrons. The second kappa shape index (κ2) is 5.79. The van der Waals surface area contributed by atoms with Gasteiger partial charge in [-0.25, -0.2) is 9.37 Å². The number of benzene rings is 1. The lowest BCUT2D eigenvalue weighted by Gasteiger charge is -2.08. The number of carbonyl (C=O) groups is 1. The number of rotatable bonds is 3. The van der Waals surface area contributed by atoms with Gasteiger partial charge in [0.05, 0.1) is 16.6 Å². The third-order valence-electron chi connectivity index (χ3n) is 3.68. The molecule has 1 aromatic carbocycles. The number of halogens is 1. The van der Waals surface area contributed by atoms with E-state index < -0.39 is 0 Å². The van der Waals surface area contributed by atoms with Crippen LogP contribution >= 0.6 is 0 Å². The fourth-order valence-electron chi connectivity index (χ4n) is 2.42. The van der Waals surface area contributed by atoms with Gasteiger partial charge in [-0.05, 0) is 44.0 Å². The molecule has 0 saturated carbocycles. The van der Waals surface area contributed by atoms with E-state index in [4.69, 9.17) is 4.52 Å². The van der Waals surface area contributed by atoms with Crippen LogP contribution in [-0.2, 0) is 6.54 Å². The van der Waals surface area contributed by atoms with E-state index in [9.17, 15) is 9.18 Å². The maximum Gasteiger partial charge on any atom is 0.258 e. The predicted molar refractivity (Wildman–Crippen MR) is 83.6 cm³/mol. The van der Waals surface area contributed by atoms with Crippen LogP contribution in [-0.4, -0.2) is 16.0 Å². The van der Waals surface area contributed by atoms with Crippen molar-refractivity contribution in [3.8, 4) is 0 Å². The molecule has 0 atom stereocenters. The largest absolute Gasteiger partial charge is 0.348 e. The lowest BCUT2D eigenvalue weighted by Crippen LogP contribution is -2.23. The first-order chi connectivity index (χ1) is 11.0. The lowest BCUT2D eigenvalue weighted by atomic mass is 10.1. The molecule has 0 fully saturated rings. The van der Waals surface area contributed by atoms with Crippen molar-refractivity contribution in [2.45, 2.75) is 27.3 Å². The van der Waals surface area contributed by atoms with Gasteiger partial charge in [0.25, 0.3) is 11.6 Å². The minimum absolute atomic E-state index is 0.239. The van der Waals surface area contributed by atoms with Crippen molar-refractivity contribution in [1.29, 1.82) is 0 Å². The van der Waals surface area contributed by atoms with Gasteiger partial charge in [0, 0.05) is 12.2 Å². The van der Waals surface area contributed by atoms with Crippen molar-refractivity contribution in [3.63, 3.8) is 0 Å². The molecule has 0 aliphatic rings. The Hall–Kier alpha value is -2.76. The van der Waals surface area contributed by atoms with Crippen LogP contribution in [0.4, 0.5) is 4.39 Å². The van der Waals surface area contributed by atoms with Crippen molar-refractivity contribution in [2.75, 3.05) is 0 Å². The molecule has 0 saturated heterocycles. The Morgan fingerprint density at radius 3 is 2.78 bits per heavy atom. The fourth-order valence-corrected chi connectivity index (χ4v) is 2.42. The summed E-state index contributed by atoms with van der Waals surface area (Å²) >= 11 is 0. The standard InChI is InChI=1S/C17H16FN3O2/c1-9-4-5-12(7-14(9)18)8-19-16(22)13-6-10(2)20-17-15(13)11(3)21-23-17/h4-7H,8H2,1-3H3,(H,19,22). The number of fused-ring (bicyclic) bond motifs is 1. The van der Waals surface area contributed by atoms with Gasteiger partial charge in [0.2, 0.25) is 0 Å². The summed E-state index contributed by atoms with van der Waals surface area (Å²) in [4.78, 5) is 16.7. The number of aryl methyl sites for hydroxylation is 3. The smallest absolute Gasteiger partial charge is 0.258 e. The summed E-state index contributed by atoms with van der Waals surface area (Å²) in [7, 11) is 0. The van der Waals surface area contributed by atoms with Crippen LogP contribution < -0.4 is 5.32 Å². The van der Waals surface area contributed by atoms with Crippen LogP contribution in [0.5, 0.6) is 0 Å². The second-order valence-electron chi connectivity index (χ2n) is 5.53. The van der Waals surface area contributed by atoms with Gasteiger partial charge in [0.1, 0.15) is 5.82 Å². The summed E-state index contributed by atoms with van der Waals surface area (Å²) in [6, 6.07) is 6.59. The summed E-state index contributed by atoms with van der Waals surface area (Å²) in [6.45, 7) is 5.48. The van der Waals surface area contributed by atoms with E-state index in [0.717, 1.165) is 0 Å². The van der Waals surface area contributed by atoms with Crippen molar-refractivity contribution in [2.24, 2.45) is 0 Å². The van der Waals surface area contributed by atoms with Crippen molar-refractivity contribution in [3.05, 3.63) is 58.2 Å². The molecule has 0 spiro atoms. The lowest BCUT2D eigenvalue weighted by molar-refractivity contribution is 0.0952. The van der Waals surface area contributed by atoms with Crippen LogP contribution in [0.15, 0.2) is 28.8 Å². The Labute approximate surface area is 132 Å². The van der Waals surface area contributed by atoms with Gasteiger partial charge >= 0.3 is 0 Å². The van der Waals surface area contributed by atoms with Gasteiger partial charge in [0.15, 0.2) is 0 Å². The van der Waals surface area contributed by atoms with E-state index in [0.29, 0.717) is 39.2 Å². The molecule has 0 aliphatic heterocycles. The van der Waals surface area contributed by atoms with Gasteiger partial charge in [-0.15, -0.1) is 0 Å². The molecule has 23 heavy (non-hydrogen) atoms. The molecule has 1 amide bonds. The molecule has 0 aliphatic carbocycles. The fraction of sp³-hybridized carbons (Fsp3) is 0.235. The third kappa shape index (κ3) is 2.92. The number of nitrogens with one attached hydrogen (secondary N) is 1. The topological polar surface area (TPSA) is 68.0 Å². The minimum Gasteiger partial charge on any atom is -0.348 e. The first-order valence-electron chi connectivity index (χ1n) is 7.22. The SMILES string of the molecule is Cc1cc(C(=O)NCc2ccc(C)c(F)c2)c2c(C)noc2n1. The van der Waals surface area contributed by atoms with Crippen LogP contribution in [0.25, 0.3) is 11.1 Å². The van der Waals surface area contributed by atoms with E-state index >= 15 is 0 Å². The van der Waals surface area contributed by atoms with E-state index in [1.54, 1.807) is 39.0 Å². The highest BCUT2D eigenvalue weighted by Crippen LogP contribution is 2.22. The Morgan fingerprint density at radius 1 is 1.26 bits per heavy atom. The Kier molecular flexibility index (Phi) is 3.82. The van der Waals surface area contributed by atoms with E-state index in [2.05, 4.69) is 15.5 Å². The van der Waals surface area contributed by atoms with Crippen molar-refractivity contribution < 1.29 is 13.7 Å². The normalized spacial score (nSPS) is 11.0. The van der Waals surface area contributed by atoms with Gasteiger partial charge < -0.3 is 9.84 Å².